The van der Waals surface area contributed by atoms with Gasteiger partial charge in [-0.25, -0.2) is 4.98 Å². The van der Waals surface area contributed by atoms with Crippen molar-refractivity contribution in [3.05, 3.63) is 23.4 Å². The van der Waals surface area contributed by atoms with Gasteiger partial charge in [-0.3, -0.25) is 0 Å². The fourth-order valence-electron chi connectivity index (χ4n) is 2.37. The number of pyridine rings is 1. The Morgan fingerprint density at radius 2 is 2.31 bits per heavy atom. The van der Waals surface area contributed by atoms with Crippen LogP contribution in [0.4, 0.5) is 5.82 Å². The van der Waals surface area contributed by atoms with Crippen LogP contribution in [0.5, 0.6) is 0 Å². The van der Waals surface area contributed by atoms with Gasteiger partial charge in [-0.05, 0) is 37.0 Å². The summed E-state index contributed by atoms with van der Waals surface area (Å²) in [6, 6.07) is 4.20. The molecule has 16 heavy (non-hydrogen) atoms. The third kappa shape index (κ3) is 2.35. The molecule has 0 bridgehead atoms. The van der Waals surface area contributed by atoms with E-state index >= 15 is 0 Å². The summed E-state index contributed by atoms with van der Waals surface area (Å²) in [6.07, 6.45) is 2.57. The Bertz CT molecular complexity index is 362. The van der Waals surface area contributed by atoms with Crippen LogP contribution < -0.4 is 10.6 Å². The standard InChI is InChI=1S/C13H21N3/c1-3-11-4-5-16(9-11)13-7-12(8-14)6-10(2)15-13/h6-7,11H,3-5,8-9,14H2,1-2H3. The van der Waals surface area contributed by atoms with E-state index in [9.17, 15) is 0 Å². The number of rotatable bonds is 3. The van der Waals surface area contributed by atoms with Crippen LogP contribution in [-0.4, -0.2) is 18.1 Å². The molecule has 0 saturated carbocycles. The maximum Gasteiger partial charge on any atom is 0.129 e. The Morgan fingerprint density at radius 3 is 2.94 bits per heavy atom. The quantitative estimate of drug-likeness (QED) is 0.846. The van der Waals surface area contributed by atoms with Crippen LogP contribution in [-0.2, 0) is 6.54 Å². The molecular weight excluding hydrogens is 198 g/mol. The lowest BCUT2D eigenvalue weighted by Crippen LogP contribution is -2.21. The summed E-state index contributed by atoms with van der Waals surface area (Å²) in [5.41, 5.74) is 7.94. The smallest absolute Gasteiger partial charge is 0.129 e. The van der Waals surface area contributed by atoms with Gasteiger partial charge in [0.2, 0.25) is 0 Å². The summed E-state index contributed by atoms with van der Waals surface area (Å²) in [7, 11) is 0. The van der Waals surface area contributed by atoms with Crippen molar-refractivity contribution in [1.82, 2.24) is 4.98 Å². The molecule has 0 amide bonds. The minimum Gasteiger partial charge on any atom is -0.356 e. The number of hydrogen-bond acceptors (Lipinski definition) is 3. The zero-order valence-electron chi connectivity index (χ0n) is 10.2. The van der Waals surface area contributed by atoms with E-state index in [1.165, 1.54) is 18.4 Å². The minimum atomic E-state index is 0.599. The molecule has 2 rings (SSSR count). The van der Waals surface area contributed by atoms with Crippen molar-refractivity contribution in [1.29, 1.82) is 0 Å². The normalized spacial score (nSPS) is 20.4. The summed E-state index contributed by atoms with van der Waals surface area (Å²) >= 11 is 0. The van der Waals surface area contributed by atoms with E-state index in [-0.39, 0.29) is 0 Å². The van der Waals surface area contributed by atoms with Gasteiger partial charge < -0.3 is 10.6 Å². The first-order chi connectivity index (χ1) is 7.72. The fraction of sp³-hybridized carbons (Fsp3) is 0.615. The first-order valence-electron chi connectivity index (χ1n) is 6.15. The molecule has 0 radical (unpaired) electrons. The number of aryl methyl sites for hydroxylation is 1. The Balaban J connectivity index is 2.17. The van der Waals surface area contributed by atoms with Gasteiger partial charge in [0.1, 0.15) is 5.82 Å². The molecular formula is C13H21N3. The highest BCUT2D eigenvalue weighted by Gasteiger charge is 2.22. The van der Waals surface area contributed by atoms with E-state index in [0.717, 1.165) is 30.5 Å². The van der Waals surface area contributed by atoms with Gasteiger partial charge in [0.15, 0.2) is 0 Å². The lowest BCUT2D eigenvalue weighted by atomic mass is 10.1. The SMILES string of the molecule is CCC1CCN(c2cc(CN)cc(C)n2)C1. The second-order valence-electron chi connectivity index (χ2n) is 4.69. The molecule has 88 valence electrons. The van der Waals surface area contributed by atoms with E-state index in [0.29, 0.717) is 6.54 Å². The molecule has 1 unspecified atom stereocenters. The molecule has 1 saturated heterocycles. The van der Waals surface area contributed by atoms with E-state index in [1.807, 2.05) is 6.92 Å². The highest BCUT2D eigenvalue weighted by atomic mass is 15.2. The average Bonchev–Trinajstić information content (AvgIpc) is 2.76. The molecule has 1 aliphatic rings. The molecule has 2 heterocycles. The van der Waals surface area contributed by atoms with Gasteiger partial charge in [-0.15, -0.1) is 0 Å². The predicted molar refractivity (Wildman–Crippen MR) is 67.5 cm³/mol. The Kier molecular flexibility index (Phi) is 3.44. The largest absolute Gasteiger partial charge is 0.356 e. The first-order valence-corrected chi connectivity index (χ1v) is 6.15. The van der Waals surface area contributed by atoms with E-state index in [4.69, 9.17) is 5.73 Å². The van der Waals surface area contributed by atoms with Gasteiger partial charge in [0.25, 0.3) is 0 Å². The number of nitrogens with zero attached hydrogens (tertiary/aromatic N) is 2. The molecule has 0 aromatic carbocycles. The average molecular weight is 219 g/mol. The zero-order valence-corrected chi connectivity index (χ0v) is 10.2. The van der Waals surface area contributed by atoms with Crippen LogP contribution in [0.15, 0.2) is 12.1 Å². The fourth-order valence-corrected chi connectivity index (χ4v) is 2.37. The summed E-state index contributed by atoms with van der Waals surface area (Å²) in [4.78, 5) is 6.99. The second kappa shape index (κ2) is 4.83. The molecule has 1 aliphatic heterocycles. The van der Waals surface area contributed by atoms with Crippen molar-refractivity contribution < 1.29 is 0 Å². The van der Waals surface area contributed by atoms with Crippen molar-refractivity contribution in [3.63, 3.8) is 0 Å². The lowest BCUT2D eigenvalue weighted by Gasteiger charge is -2.18. The van der Waals surface area contributed by atoms with Crippen molar-refractivity contribution in [3.8, 4) is 0 Å². The number of aromatic nitrogens is 1. The van der Waals surface area contributed by atoms with Crippen LogP contribution in [0.2, 0.25) is 0 Å². The Hall–Kier alpha value is -1.09. The van der Waals surface area contributed by atoms with Crippen LogP contribution in [0.3, 0.4) is 0 Å². The van der Waals surface area contributed by atoms with E-state index in [1.54, 1.807) is 0 Å². The van der Waals surface area contributed by atoms with Crippen LogP contribution >= 0.6 is 0 Å². The molecule has 0 aliphatic carbocycles. The van der Waals surface area contributed by atoms with E-state index < -0.39 is 0 Å². The summed E-state index contributed by atoms with van der Waals surface area (Å²) in [5, 5.41) is 0. The topological polar surface area (TPSA) is 42.1 Å². The van der Waals surface area contributed by atoms with Gasteiger partial charge in [0.05, 0.1) is 0 Å². The molecule has 3 heteroatoms. The van der Waals surface area contributed by atoms with Crippen molar-refractivity contribution >= 4 is 5.82 Å². The zero-order chi connectivity index (χ0) is 11.5. The molecule has 2 N–H and O–H groups in total. The number of hydrogen-bond donors (Lipinski definition) is 1. The number of nitrogens with two attached hydrogens (primary N) is 1. The first kappa shape index (κ1) is 11.4. The van der Waals surface area contributed by atoms with Gasteiger partial charge in [-0.2, -0.15) is 0 Å². The van der Waals surface area contributed by atoms with Crippen molar-refractivity contribution in [2.45, 2.75) is 33.2 Å². The highest BCUT2D eigenvalue weighted by Crippen LogP contribution is 2.25. The van der Waals surface area contributed by atoms with Gasteiger partial charge in [-0.1, -0.05) is 13.3 Å². The Labute approximate surface area is 97.7 Å². The highest BCUT2D eigenvalue weighted by molar-refractivity contribution is 5.43. The van der Waals surface area contributed by atoms with Crippen LogP contribution in [0.1, 0.15) is 31.0 Å². The van der Waals surface area contributed by atoms with Crippen LogP contribution in [0.25, 0.3) is 0 Å². The summed E-state index contributed by atoms with van der Waals surface area (Å²) in [5.74, 6) is 1.94. The van der Waals surface area contributed by atoms with Gasteiger partial charge in [0, 0.05) is 25.3 Å². The predicted octanol–water partition coefficient (Wildman–Crippen LogP) is 2.09. The molecule has 1 aromatic rings. The summed E-state index contributed by atoms with van der Waals surface area (Å²) < 4.78 is 0. The summed E-state index contributed by atoms with van der Waals surface area (Å²) in [6.45, 7) is 7.19. The maximum atomic E-state index is 5.69. The molecule has 1 atom stereocenters. The van der Waals surface area contributed by atoms with Crippen molar-refractivity contribution in [2.24, 2.45) is 11.7 Å². The molecule has 3 nitrogen and oxygen atoms in total. The molecule has 0 spiro atoms. The maximum absolute atomic E-state index is 5.69. The van der Waals surface area contributed by atoms with Crippen molar-refractivity contribution in [2.75, 3.05) is 18.0 Å². The third-order valence-corrected chi connectivity index (χ3v) is 3.42. The monoisotopic (exact) mass is 219 g/mol. The minimum absolute atomic E-state index is 0.599. The third-order valence-electron chi connectivity index (χ3n) is 3.42. The molecule has 1 aromatic heterocycles. The number of anilines is 1. The lowest BCUT2D eigenvalue weighted by molar-refractivity contribution is 0.568. The Morgan fingerprint density at radius 1 is 1.50 bits per heavy atom. The van der Waals surface area contributed by atoms with Gasteiger partial charge >= 0.3 is 0 Å². The van der Waals surface area contributed by atoms with E-state index in [2.05, 4.69) is 28.9 Å². The van der Waals surface area contributed by atoms with Crippen LogP contribution in [0, 0.1) is 12.8 Å². The molecule has 1 fully saturated rings. The second-order valence-corrected chi connectivity index (χ2v) is 4.69.